The molecule has 25 heavy (non-hydrogen) atoms. The Balaban J connectivity index is 0.000000260. The maximum absolute atomic E-state index is 11.8. The van der Waals surface area contributed by atoms with E-state index in [1.165, 1.54) is 19.3 Å². The van der Waals surface area contributed by atoms with Crippen LogP contribution in [0.3, 0.4) is 0 Å². The molecule has 0 aromatic heterocycles. The fourth-order valence-electron chi connectivity index (χ4n) is 3.82. The number of rotatable bonds is 7. The van der Waals surface area contributed by atoms with E-state index in [1.807, 2.05) is 48.1 Å². The van der Waals surface area contributed by atoms with Crippen LogP contribution in [0.1, 0.15) is 67.2 Å². The van der Waals surface area contributed by atoms with Gasteiger partial charge < -0.3 is 18.0 Å². The van der Waals surface area contributed by atoms with Gasteiger partial charge in [-0.25, -0.2) is 0 Å². The van der Waals surface area contributed by atoms with Crippen molar-refractivity contribution in [3.8, 4) is 0 Å². The van der Waals surface area contributed by atoms with Crippen molar-refractivity contribution in [2.24, 2.45) is 17.8 Å². The van der Waals surface area contributed by atoms with Gasteiger partial charge in [0.2, 0.25) is 0 Å². The molecule has 2 bridgehead atoms. The zero-order valence-corrected chi connectivity index (χ0v) is 18.2. The number of fused-ring (bicyclic) bond motifs is 2. The van der Waals surface area contributed by atoms with Crippen molar-refractivity contribution in [1.82, 2.24) is 0 Å². The maximum Gasteiger partial charge on any atom is 0.497 e. The van der Waals surface area contributed by atoms with Crippen molar-refractivity contribution in [3.63, 3.8) is 0 Å². The van der Waals surface area contributed by atoms with Crippen LogP contribution < -0.4 is 0 Å². The topological polar surface area (TPSA) is 54.0 Å². The Kier molecular flexibility index (Phi) is 9.08. The Labute approximate surface area is 155 Å². The predicted molar refractivity (Wildman–Crippen MR) is 101 cm³/mol. The lowest BCUT2D eigenvalue weighted by atomic mass is 9.89. The summed E-state index contributed by atoms with van der Waals surface area (Å²) in [6, 6.07) is 0. The molecule has 2 rings (SSSR count). The van der Waals surface area contributed by atoms with Gasteiger partial charge in [-0.15, -0.1) is 0 Å². The second kappa shape index (κ2) is 10.0. The molecule has 5 nitrogen and oxygen atoms in total. The van der Waals surface area contributed by atoms with Crippen LogP contribution in [0, 0.1) is 17.8 Å². The number of hydrogen-bond acceptors (Lipinski definition) is 5. The first-order valence-corrected chi connectivity index (χ1v) is 12.0. The molecule has 0 radical (unpaired) electrons. The fourth-order valence-corrected chi connectivity index (χ4v) is 5.65. The molecular formula is C19H38O5Si. The summed E-state index contributed by atoms with van der Waals surface area (Å²) in [6.07, 6.45) is 4.93. The smallest absolute Gasteiger partial charge is 0.460 e. The molecule has 0 spiro atoms. The summed E-state index contributed by atoms with van der Waals surface area (Å²) in [5, 5.41) is 0. The van der Waals surface area contributed by atoms with E-state index < -0.39 is 8.80 Å². The Morgan fingerprint density at radius 2 is 1.48 bits per heavy atom. The monoisotopic (exact) mass is 374 g/mol. The van der Waals surface area contributed by atoms with E-state index in [0.29, 0.717) is 25.7 Å². The van der Waals surface area contributed by atoms with E-state index in [-0.39, 0.29) is 17.5 Å². The lowest BCUT2D eigenvalue weighted by Crippen LogP contribution is -2.42. The van der Waals surface area contributed by atoms with Gasteiger partial charge in [-0.2, -0.15) is 0 Å². The van der Waals surface area contributed by atoms with Gasteiger partial charge in [-0.05, 0) is 72.6 Å². The minimum Gasteiger partial charge on any atom is -0.460 e. The number of esters is 1. The van der Waals surface area contributed by atoms with Crippen LogP contribution in [-0.2, 0) is 22.8 Å². The van der Waals surface area contributed by atoms with E-state index in [4.69, 9.17) is 18.0 Å². The summed E-state index contributed by atoms with van der Waals surface area (Å²) in [5.74, 6) is 1.71. The molecule has 2 saturated carbocycles. The van der Waals surface area contributed by atoms with E-state index in [0.717, 1.165) is 12.3 Å². The number of hydrogen-bond donors (Lipinski definition) is 0. The van der Waals surface area contributed by atoms with Gasteiger partial charge in [0.15, 0.2) is 0 Å². The maximum atomic E-state index is 11.8. The largest absolute Gasteiger partial charge is 0.497 e. The average Bonchev–Trinajstić information content (AvgIpc) is 3.09. The normalized spacial score (nSPS) is 25.5. The summed E-state index contributed by atoms with van der Waals surface area (Å²) in [4.78, 5) is 11.8. The van der Waals surface area contributed by atoms with Crippen LogP contribution in [0.4, 0.5) is 0 Å². The standard InChI is InChI=1S/C12H20O2.C7H18O3Si/c1-12(2,3)14-11(13)10-7-8-4-5-9(10)6-8;1-5-8-11(4,9-6-2)10-7-3/h8-10H,4-7H2,1-3H3;5-7H2,1-4H3. The van der Waals surface area contributed by atoms with E-state index in [2.05, 4.69) is 0 Å². The Bertz CT molecular complexity index is 390. The van der Waals surface area contributed by atoms with Crippen molar-refractivity contribution in [2.75, 3.05) is 19.8 Å². The van der Waals surface area contributed by atoms with Crippen LogP contribution >= 0.6 is 0 Å². The van der Waals surface area contributed by atoms with Crippen molar-refractivity contribution in [2.45, 2.75) is 79.4 Å². The molecule has 0 aromatic rings. The van der Waals surface area contributed by atoms with E-state index in [1.54, 1.807) is 0 Å². The summed E-state index contributed by atoms with van der Waals surface area (Å²) in [7, 11) is -2.25. The van der Waals surface area contributed by atoms with E-state index in [9.17, 15) is 4.79 Å². The molecule has 0 saturated heterocycles. The molecule has 0 N–H and O–H groups in total. The van der Waals surface area contributed by atoms with Gasteiger partial charge in [0.1, 0.15) is 5.60 Å². The third kappa shape index (κ3) is 7.77. The highest BCUT2D eigenvalue weighted by atomic mass is 28.4. The van der Waals surface area contributed by atoms with Gasteiger partial charge in [-0.3, -0.25) is 4.79 Å². The van der Waals surface area contributed by atoms with Crippen molar-refractivity contribution in [1.29, 1.82) is 0 Å². The molecule has 6 heteroatoms. The highest BCUT2D eigenvalue weighted by Gasteiger charge is 2.44. The first-order chi connectivity index (χ1) is 11.6. The van der Waals surface area contributed by atoms with Crippen LogP contribution in [0.25, 0.3) is 0 Å². The van der Waals surface area contributed by atoms with E-state index >= 15 is 0 Å². The van der Waals surface area contributed by atoms with Gasteiger partial charge in [0.25, 0.3) is 0 Å². The fraction of sp³-hybridized carbons (Fsp3) is 0.947. The van der Waals surface area contributed by atoms with Gasteiger partial charge in [0, 0.05) is 26.4 Å². The van der Waals surface area contributed by atoms with Gasteiger partial charge in [-0.1, -0.05) is 6.42 Å². The minimum atomic E-state index is -2.25. The number of carbonyl (C=O) groups is 1. The molecule has 2 fully saturated rings. The lowest BCUT2D eigenvalue weighted by molar-refractivity contribution is -0.161. The minimum absolute atomic E-state index is 0.0460. The highest BCUT2D eigenvalue weighted by Crippen LogP contribution is 2.48. The molecule has 0 amide bonds. The summed E-state index contributed by atoms with van der Waals surface area (Å²) < 4.78 is 21.6. The molecule has 148 valence electrons. The summed E-state index contributed by atoms with van der Waals surface area (Å²) >= 11 is 0. The van der Waals surface area contributed by atoms with Crippen molar-refractivity contribution >= 4 is 14.8 Å². The van der Waals surface area contributed by atoms with Crippen molar-refractivity contribution < 1.29 is 22.8 Å². The second-order valence-corrected chi connectivity index (χ2v) is 10.6. The van der Waals surface area contributed by atoms with Crippen LogP contribution in [0.5, 0.6) is 0 Å². The van der Waals surface area contributed by atoms with Crippen LogP contribution in [0.2, 0.25) is 6.55 Å². The lowest BCUT2D eigenvalue weighted by Gasteiger charge is -2.26. The third-order valence-electron chi connectivity index (χ3n) is 4.67. The molecule has 3 unspecified atom stereocenters. The molecule has 2 aliphatic carbocycles. The number of ether oxygens (including phenoxy) is 1. The first kappa shape index (κ1) is 22.6. The molecule has 2 aliphatic rings. The zero-order chi connectivity index (χ0) is 19.1. The average molecular weight is 375 g/mol. The molecule has 0 heterocycles. The van der Waals surface area contributed by atoms with Crippen molar-refractivity contribution in [3.05, 3.63) is 0 Å². The molecular weight excluding hydrogens is 336 g/mol. The quantitative estimate of drug-likeness (QED) is 0.487. The second-order valence-electron chi connectivity index (χ2n) is 7.98. The zero-order valence-electron chi connectivity index (χ0n) is 17.2. The Morgan fingerprint density at radius 3 is 1.80 bits per heavy atom. The SMILES string of the molecule is CC(C)(C)OC(=O)C1CC2CCC1C2.CCO[Si](C)(OCC)OCC. The highest BCUT2D eigenvalue weighted by molar-refractivity contribution is 6.59. The van der Waals surface area contributed by atoms with Crippen LogP contribution in [0.15, 0.2) is 0 Å². The summed E-state index contributed by atoms with van der Waals surface area (Å²) in [5.41, 5.74) is -0.321. The van der Waals surface area contributed by atoms with Gasteiger partial charge >= 0.3 is 14.8 Å². The summed E-state index contributed by atoms with van der Waals surface area (Å²) in [6.45, 7) is 15.6. The predicted octanol–water partition coefficient (Wildman–Crippen LogP) is 4.43. The number of carbonyl (C=O) groups excluding carboxylic acids is 1. The Hall–Kier alpha value is -0.433. The first-order valence-electron chi connectivity index (χ1n) is 9.78. The van der Waals surface area contributed by atoms with Crippen LogP contribution in [-0.4, -0.2) is 40.2 Å². The molecule has 0 aromatic carbocycles. The molecule has 0 aliphatic heterocycles. The van der Waals surface area contributed by atoms with Gasteiger partial charge in [0.05, 0.1) is 5.92 Å². The third-order valence-corrected chi connectivity index (χ3v) is 7.11. The Morgan fingerprint density at radius 1 is 0.960 bits per heavy atom. The molecule has 3 atom stereocenters.